The molecule has 3 aromatic carbocycles. The van der Waals surface area contributed by atoms with Gasteiger partial charge in [-0.1, -0.05) is 46.3 Å². The molecule has 1 aliphatic heterocycles. The van der Waals surface area contributed by atoms with Crippen LogP contribution in [-0.2, 0) is 10.2 Å². The molecule has 0 bridgehead atoms. The van der Waals surface area contributed by atoms with E-state index in [0.717, 1.165) is 39.7 Å². The molecule has 0 spiro atoms. The molecule has 1 amide bonds. The number of nitrogens with zero attached hydrogens (tertiary/aromatic N) is 2. The maximum atomic E-state index is 12.7. The molecule has 0 radical (unpaired) electrons. The average molecular weight is 563 g/mol. The lowest BCUT2D eigenvalue weighted by atomic mass is 9.73. The molecular formula is C30H31BrN2O4. The zero-order chi connectivity index (χ0) is 26.0. The molecule has 4 aromatic rings. The highest BCUT2D eigenvalue weighted by atomic mass is 79.9. The number of hydrogen-bond donors (Lipinski definition) is 0. The van der Waals surface area contributed by atoms with Crippen LogP contribution in [0.3, 0.4) is 0 Å². The number of oxazole rings is 1. The minimum Gasteiger partial charge on any atom is -0.493 e. The Balaban J connectivity index is 1.35. The van der Waals surface area contributed by atoms with Gasteiger partial charge in [-0.05, 0) is 81.6 Å². The van der Waals surface area contributed by atoms with Crippen LogP contribution >= 0.6 is 15.9 Å². The number of aromatic nitrogens is 1. The van der Waals surface area contributed by atoms with E-state index in [1.807, 2.05) is 69.3 Å². The molecule has 37 heavy (non-hydrogen) atoms. The van der Waals surface area contributed by atoms with Gasteiger partial charge in [0, 0.05) is 28.5 Å². The van der Waals surface area contributed by atoms with E-state index in [2.05, 4.69) is 45.2 Å². The second-order valence-electron chi connectivity index (χ2n) is 10.6. The van der Waals surface area contributed by atoms with Crippen LogP contribution in [0.1, 0.15) is 39.2 Å². The monoisotopic (exact) mass is 562 g/mol. The SMILES string of the molecule is CC(C)(C)OC(=O)N1CCC(COc2cccc(-c3nc4ccccc4o3)c2)(c2ccc(Br)cc2)CC1. The molecule has 1 aliphatic rings. The number of hydrogen-bond acceptors (Lipinski definition) is 5. The predicted molar refractivity (Wildman–Crippen MR) is 148 cm³/mol. The van der Waals surface area contributed by atoms with Gasteiger partial charge in [-0.15, -0.1) is 0 Å². The number of amides is 1. The van der Waals surface area contributed by atoms with Crippen LogP contribution in [0.5, 0.6) is 5.75 Å². The first-order valence-electron chi connectivity index (χ1n) is 12.5. The van der Waals surface area contributed by atoms with Crippen molar-refractivity contribution < 1.29 is 18.7 Å². The van der Waals surface area contributed by atoms with Crippen molar-refractivity contribution in [2.24, 2.45) is 0 Å². The van der Waals surface area contributed by atoms with Gasteiger partial charge in [0.1, 0.15) is 16.9 Å². The normalized spacial score (nSPS) is 15.5. The third kappa shape index (κ3) is 5.82. The Kier molecular flexibility index (Phi) is 6.99. The highest BCUT2D eigenvalue weighted by Gasteiger charge is 2.39. The van der Waals surface area contributed by atoms with Crippen LogP contribution in [-0.4, -0.2) is 41.3 Å². The Labute approximate surface area is 225 Å². The summed E-state index contributed by atoms with van der Waals surface area (Å²) in [6, 6.07) is 24.0. The third-order valence-electron chi connectivity index (χ3n) is 6.72. The van der Waals surface area contributed by atoms with E-state index in [-0.39, 0.29) is 11.5 Å². The van der Waals surface area contributed by atoms with Crippen molar-refractivity contribution in [2.45, 2.75) is 44.6 Å². The summed E-state index contributed by atoms with van der Waals surface area (Å²) in [5.41, 5.74) is 2.91. The van der Waals surface area contributed by atoms with Gasteiger partial charge in [-0.3, -0.25) is 0 Å². The molecule has 0 atom stereocenters. The van der Waals surface area contributed by atoms with Crippen LogP contribution in [0.4, 0.5) is 4.79 Å². The van der Waals surface area contributed by atoms with Crippen molar-refractivity contribution in [3.8, 4) is 17.2 Å². The van der Waals surface area contributed by atoms with Crippen molar-refractivity contribution in [3.05, 3.63) is 82.8 Å². The van der Waals surface area contributed by atoms with E-state index >= 15 is 0 Å². The predicted octanol–water partition coefficient (Wildman–Crippen LogP) is 7.61. The zero-order valence-electron chi connectivity index (χ0n) is 21.4. The van der Waals surface area contributed by atoms with Gasteiger partial charge >= 0.3 is 6.09 Å². The van der Waals surface area contributed by atoms with E-state index in [1.165, 1.54) is 5.56 Å². The first kappa shape index (κ1) is 25.3. The molecule has 0 N–H and O–H groups in total. The number of carbonyl (C=O) groups excluding carboxylic acids is 1. The smallest absolute Gasteiger partial charge is 0.410 e. The Hall–Kier alpha value is -3.32. The lowest BCUT2D eigenvalue weighted by molar-refractivity contribution is 0.0133. The number of piperidine rings is 1. The molecule has 0 unspecified atom stereocenters. The van der Waals surface area contributed by atoms with Crippen LogP contribution < -0.4 is 4.74 Å². The number of fused-ring (bicyclic) bond motifs is 1. The number of likely N-dealkylation sites (tertiary alicyclic amines) is 1. The lowest BCUT2D eigenvalue weighted by Gasteiger charge is -2.42. The largest absolute Gasteiger partial charge is 0.493 e. The quantitative estimate of drug-likeness (QED) is 0.250. The fraction of sp³-hybridized carbons (Fsp3) is 0.333. The van der Waals surface area contributed by atoms with Crippen molar-refractivity contribution in [1.29, 1.82) is 0 Å². The second kappa shape index (κ2) is 10.2. The lowest BCUT2D eigenvalue weighted by Crippen LogP contribution is -2.49. The molecule has 2 heterocycles. The van der Waals surface area contributed by atoms with Crippen LogP contribution in [0.15, 0.2) is 81.7 Å². The molecule has 192 valence electrons. The zero-order valence-corrected chi connectivity index (χ0v) is 23.0. The molecule has 0 saturated carbocycles. The Morgan fingerprint density at radius 2 is 1.76 bits per heavy atom. The highest BCUT2D eigenvalue weighted by molar-refractivity contribution is 9.10. The summed E-state index contributed by atoms with van der Waals surface area (Å²) in [5, 5.41) is 0. The van der Waals surface area contributed by atoms with E-state index in [9.17, 15) is 4.79 Å². The first-order valence-corrected chi connectivity index (χ1v) is 13.3. The Bertz CT molecular complexity index is 1350. The van der Waals surface area contributed by atoms with Gasteiger partial charge in [-0.2, -0.15) is 0 Å². The third-order valence-corrected chi connectivity index (χ3v) is 7.25. The minimum absolute atomic E-state index is 0.229. The number of para-hydroxylation sites is 2. The van der Waals surface area contributed by atoms with Crippen LogP contribution in [0, 0.1) is 0 Å². The van der Waals surface area contributed by atoms with Crippen molar-refractivity contribution in [2.75, 3.05) is 19.7 Å². The van der Waals surface area contributed by atoms with Gasteiger partial charge in [0.2, 0.25) is 5.89 Å². The van der Waals surface area contributed by atoms with Gasteiger partial charge < -0.3 is 18.8 Å². The van der Waals surface area contributed by atoms with Crippen molar-refractivity contribution in [1.82, 2.24) is 9.88 Å². The van der Waals surface area contributed by atoms with Crippen molar-refractivity contribution >= 4 is 33.1 Å². The maximum Gasteiger partial charge on any atom is 0.410 e. The van der Waals surface area contributed by atoms with E-state index in [0.29, 0.717) is 25.6 Å². The van der Waals surface area contributed by atoms with E-state index < -0.39 is 5.60 Å². The van der Waals surface area contributed by atoms with Gasteiger partial charge in [-0.25, -0.2) is 9.78 Å². The molecule has 0 aliphatic carbocycles. The summed E-state index contributed by atoms with van der Waals surface area (Å²) in [7, 11) is 0. The number of carbonyl (C=O) groups is 1. The summed E-state index contributed by atoms with van der Waals surface area (Å²) in [4.78, 5) is 19.1. The number of rotatable bonds is 5. The summed E-state index contributed by atoms with van der Waals surface area (Å²) >= 11 is 3.55. The van der Waals surface area contributed by atoms with E-state index in [1.54, 1.807) is 4.90 Å². The summed E-state index contributed by atoms with van der Waals surface area (Å²) in [6.45, 7) is 7.39. The summed E-state index contributed by atoms with van der Waals surface area (Å²) in [5.74, 6) is 1.32. The van der Waals surface area contributed by atoms with Gasteiger partial charge in [0.15, 0.2) is 5.58 Å². The van der Waals surface area contributed by atoms with Crippen LogP contribution in [0.25, 0.3) is 22.6 Å². The Morgan fingerprint density at radius 3 is 2.46 bits per heavy atom. The fourth-order valence-corrected chi connectivity index (χ4v) is 4.96. The highest BCUT2D eigenvalue weighted by Crippen LogP contribution is 2.38. The maximum absolute atomic E-state index is 12.7. The summed E-state index contributed by atoms with van der Waals surface area (Å²) < 4.78 is 19.0. The molecular weight excluding hydrogens is 532 g/mol. The van der Waals surface area contributed by atoms with Crippen molar-refractivity contribution in [3.63, 3.8) is 0 Å². The average Bonchev–Trinajstić information content (AvgIpc) is 3.32. The molecule has 1 saturated heterocycles. The number of ether oxygens (including phenoxy) is 2. The van der Waals surface area contributed by atoms with Gasteiger partial charge in [0.05, 0.1) is 6.61 Å². The molecule has 6 nitrogen and oxygen atoms in total. The second-order valence-corrected chi connectivity index (χ2v) is 11.5. The standard InChI is InChI=1S/C30H31BrN2O4/c1-29(2,3)37-28(34)33-17-15-30(16-18-33,22-11-13-23(31)14-12-22)20-35-24-8-6-7-21(19-24)27-32-25-9-4-5-10-26(25)36-27/h4-14,19H,15-18,20H2,1-3H3. The molecule has 7 heteroatoms. The number of benzene rings is 3. The fourth-order valence-electron chi connectivity index (χ4n) is 4.70. The van der Waals surface area contributed by atoms with Gasteiger partial charge in [0.25, 0.3) is 0 Å². The van der Waals surface area contributed by atoms with Crippen LogP contribution in [0.2, 0.25) is 0 Å². The topological polar surface area (TPSA) is 64.8 Å². The summed E-state index contributed by atoms with van der Waals surface area (Å²) in [6.07, 6.45) is 1.29. The van der Waals surface area contributed by atoms with E-state index in [4.69, 9.17) is 13.9 Å². The Morgan fingerprint density at radius 1 is 1.03 bits per heavy atom. The minimum atomic E-state index is -0.514. The molecule has 1 fully saturated rings. The number of halogens is 1. The molecule has 5 rings (SSSR count). The first-order chi connectivity index (χ1) is 17.7. The molecule has 1 aromatic heterocycles.